The first-order valence-corrected chi connectivity index (χ1v) is 7.08. The lowest BCUT2D eigenvalue weighted by atomic mass is 10.1. The number of hydrogen-bond acceptors (Lipinski definition) is 2. The van der Waals surface area contributed by atoms with Crippen molar-refractivity contribution in [2.45, 2.75) is 51.9 Å². The second-order valence-electron chi connectivity index (χ2n) is 3.79. The molecule has 0 unspecified atom stereocenters. The van der Waals surface area contributed by atoms with Crippen LogP contribution in [0.15, 0.2) is 0 Å². The van der Waals surface area contributed by atoms with Crippen molar-refractivity contribution in [1.82, 2.24) is 0 Å². The minimum absolute atomic E-state index is 1.18. The van der Waals surface area contributed by atoms with Crippen LogP contribution < -0.4 is 0 Å². The third-order valence-corrected chi connectivity index (χ3v) is 3.96. The van der Waals surface area contributed by atoms with Crippen LogP contribution >= 0.6 is 22.6 Å². The van der Waals surface area contributed by atoms with Gasteiger partial charge in [0.05, 0.1) is 0 Å². The molecule has 0 aliphatic carbocycles. The molecule has 3 heteroatoms. The van der Waals surface area contributed by atoms with Crippen LogP contribution in [-0.2, 0) is 0 Å². The Morgan fingerprint density at radius 3 is 2.38 bits per heavy atom. The number of thiol groups is 1. The van der Waals surface area contributed by atoms with Crippen LogP contribution in [0.4, 0.5) is 0 Å². The Labute approximate surface area is 90.9 Å². The summed E-state index contributed by atoms with van der Waals surface area (Å²) in [6.45, 7) is 3.42. The lowest BCUT2D eigenvalue weighted by Crippen LogP contribution is -2.13. The van der Waals surface area contributed by atoms with Crippen molar-refractivity contribution in [2.24, 2.45) is 0 Å². The highest BCUT2D eigenvalue weighted by Crippen LogP contribution is 2.15. The fraction of sp³-hybridized carbons (Fsp3) is 0.900. The second kappa shape index (κ2) is 6.77. The summed E-state index contributed by atoms with van der Waals surface area (Å²) in [5.74, 6) is 0. The third-order valence-electron chi connectivity index (χ3n) is 2.67. The lowest BCUT2D eigenvalue weighted by molar-refractivity contribution is -0.348. The summed E-state index contributed by atoms with van der Waals surface area (Å²) >= 11 is 4.29. The van der Waals surface area contributed by atoms with Gasteiger partial charge < -0.3 is 0 Å². The minimum atomic E-state index is 1.18. The van der Waals surface area contributed by atoms with E-state index in [4.69, 9.17) is 0 Å². The average Bonchev–Trinajstić information content (AvgIpc) is 2.16. The van der Waals surface area contributed by atoms with Crippen molar-refractivity contribution in [3.63, 3.8) is 0 Å². The zero-order chi connectivity index (χ0) is 9.52. The van der Waals surface area contributed by atoms with Gasteiger partial charge in [0.2, 0.25) is 11.0 Å². The van der Waals surface area contributed by atoms with Crippen molar-refractivity contribution < 1.29 is 3.98 Å². The normalized spacial score (nSPS) is 27.2. The summed E-state index contributed by atoms with van der Waals surface area (Å²) in [5, 5.41) is 0. The van der Waals surface area contributed by atoms with Crippen LogP contribution in [0.1, 0.15) is 51.9 Å². The molecular weight excluding hydrogens is 198 g/mol. The molecule has 0 bridgehead atoms. The molecule has 1 nitrogen and oxygen atoms in total. The third kappa shape index (κ3) is 4.41. The first-order chi connectivity index (χ1) is 6.34. The molecule has 0 saturated carbocycles. The Morgan fingerprint density at radius 2 is 1.69 bits per heavy atom. The Kier molecular flexibility index (Phi) is 5.96. The van der Waals surface area contributed by atoms with E-state index in [2.05, 4.69) is 22.6 Å². The zero-order valence-corrected chi connectivity index (χ0v) is 10.2. The Balaban J connectivity index is 2.50. The van der Waals surface area contributed by atoms with Gasteiger partial charge in [-0.1, -0.05) is 19.3 Å². The maximum absolute atomic E-state index is 4.29. The molecule has 0 amide bonds. The summed E-state index contributed by atoms with van der Waals surface area (Å²) < 4.78 is 2.34. The molecule has 13 heavy (non-hydrogen) atoms. The molecule has 1 aliphatic rings. The summed E-state index contributed by atoms with van der Waals surface area (Å²) in [6, 6.07) is 0. The molecule has 0 aromatic heterocycles. The molecule has 1 heterocycles. The van der Waals surface area contributed by atoms with Crippen LogP contribution in [0.25, 0.3) is 0 Å². The highest BCUT2D eigenvalue weighted by Gasteiger charge is 2.11. The van der Waals surface area contributed by atoms with Gasteiger partial charge in [0, 0.05) is 19.8 Å². The van der Waals surface area contributed by atoms with Crippen molar-refractivity contribution in [3.05, 3.63) is 0 Å². The van der Waals surface area contributed by atoms with E-state index in [0.29, 0.717) is 0 Å². The Hall–Kier alpha value is 0.370. The first kappa shape index (κ1) is 11.4. The van der Waals surface area contributed by atoms with Gasteiger partial charge >= 0.3 is 0 Å². The number of hydrogen-bond donors (Lipinski definition) is 1. The molecule has 0 saturated heterocycles. The quantitative estimate of drug-likeness (QED) is 0.304. The highest BCUT2D eigenvalue weighted by molar-refractivity contribution is 8.66. The first-order valence-electron chi connectivity index (χ1n) is 5.26. The Morgan fingerprint density at radius 1 is 1.08 bits per heavy atom. The summed E-state index contributed by atoms with van der Waals surface area (Å²) in [7, 11) is 1.58. The molecular formula is C10H20NS2+. The molecule has 0 radical (unpaired) electrons. The largest absolute Gasteiger partial charge is 0.228 e. The van der Waals surface area contributed by atoms with Crippen LogP contribution in [0, 0.1) is 0 Å². The van der Waals surface area contributed by atoms with E-state index >= 15 is 0 Å². The molecule has 0 spiro atoms. The predicted molar refractivity (Wildman–Crippen MR) is 64.7 cm³/mol. The topological polar surface area (TPSA) is 3.01 Å². The molecule has 1 rings (SSSR count). The molecule has 0 fully saturated rings. The van der Waals surface area contributed by atoms with Gasteiger partial charge in [-0.15, -0.1) is 0 Å². The minimum Gasteiger partial charge on any atom is -0.157 e. The summed E-state index contributed by atoms with van der Waals surface area (Å²) in [5.41, 5.74) is 1.50. The predicted octanol–water partition coefficient (Wildman–Crippen LogP) is 3.70. The van der Waals surface area contributed by atoms with Crippen LogP contribution in [0.3, 0.4) is 0 Å². The number of rotatable bonds is 1. The van der Waals surface area contributed by atoms with Gasteiger partial charge in [0.15, 0.2) is 12.3 Å². The Bertz CT molecular complexity index is 178. The molecule has 0 atom stereocenters. The maximum atomic E-state index is 4.29. The standard InChI is InChI=1S/C10H19NS2/c1-10-8-6-4-2-3-5-7-9-11(10)13-12/h2-9H2,1H3/p+1/b11-10+. The smallest absolute Gasteiger partial charge is 0.157 e. The lowest BCUT2D eigenvalue weighted by Gasteiger charge is -2.06. The van der Waals surface area contributed by atoms with Gasteiger partial charge in [-0.05, 0) is 24.5 Å². The van der Waals surface area contributed by atoms with E-state index in [9.17, 15) is 0 Å². The summed E-state index contributed by atoms with van der Waals surface area (Å²) in [4.78, 5) is 0. The molecule has 0 N–H and O–H groups in total. The monoisotopic (exact) mass is 218 g/mol. The second-order valence-corrected chi connectivity index (χ2v) is 4.88. The van der Waals surface area contributed by atoms with Crippen molar-refractivity contribution in [1.29, 1.82) is 0 Å². The van der Waals surface area contributed by atoms with Crippen LogP contribution in [-0.4, -0.2) is 16.2 Å². The zero-order valence-electron chi connectivity index (χ0n) is 8.46. The SMILES string of the molecule is C/C1=[N+](\SS)CCCCCCCC1. The molecule has 0 aromatic carbocycles. The van der Waals surface area contributed by atoms with E-state index in [-0.39, 0.29) is 0 Å². The van der Waals surface area contributed by atoms with E-state index in [0.717, 1.165) is 0 Å². The van der Waals surface area contributed by atoms with E-state index in [1.54, 1.807) is 11.0 Å². The van der Waals surface area contributed by atoms with E-state index in [1.165, 1.54) is 57.2 Å². The van der Waals surface area contributed by atoms with Gasteiger partial charge in [0.25, 0.3) is 0 Å². The van der Waals surface area contributed by atoms with Gasteiger partial charge in [-0.25, -0.2) is 0 Å². The highest BCUT2D eigenvalue weighted by atomic mass is 33.1. The van der Waals surface area contributed by atoms with E-state index < -0.39 is 0 Å². The molecule has 0 aromatic rings. The fourth-order valence-corrected chi connectivity index (χ4v) is 2.87. The average molecular weight is 218 g/mol. The van der Waals surface area contributed by atoms with Gasteiger partial charge in [0.1, 0.15) is 0 Å². The van der Waals surface area contributed by atoms with Gasteiger partial charge in [-0.3, -0.25) is 0 Å². The molecule has 1 aliphatic heterocycles. The number of nitrogens with zero attached hydrogens (tertiary/aromatic N) is 1. The van der Waals surface area contributed by atoms with Crippen LogP contribution in [0.5, 0.6) is 0 Å². The van der Waals surface area contributed by atoms with Crippen molar-refractivity contribution in [2.75, 3.05) is 6.54 Å². The van der Waals surface area contributed by atoms with Gasteiger partial charge in [-0.2, -0.15) is 3.98 Å². The summed E-state index contributed by atoms with van der Waals surface area (Å²) in [6.07, 6.45) is 9.58. The van der Waals surface area contributed by atoms with E-state index in [1.807, 2.05) is 0 Å². The van der Waals surface area contributed by atoms with Crippen molar-refractivity contribution >= 4 is 28.4 Å². The fourth-order valence-electron chi connectivity index (χ4n) is 1.77. The molecule has 76 valence electrons. The maximum Gasteiger partial charge on any atom is 0.228 e. The van der Waals surface area contributed by atoms with Crippen LogP contribution in [0.2, 0.25) is 0 Å². The van der Waals surface area contributed by atoms with Crippen molar-refractivity contribution in [3.8, 4) is 0 Å².